The third-order valence-electron chi connectivity index (χ3n) is 10.5. The molecule has 0 unspecified atom stereocenters. The highest BCUT2D eigenvalue weighted by Gasteiger charge is 2.21. The fraction of sp³-hybridized carbons (Fsp3) is 0. The predicted octanol–water partition coefficient (Wildman–Crippen LogP) is 14.2. The first-order valence-corrected chi connectivity index (χ1v) is 19.0. The minimum absolute atomic E-state index is 0.863. The molecule has 0 N–H and O–H groups in total. The number of hydrogen-bond acceptors (Lipinski definition) is 4. The Hall–Kier alpha value is -6.88. The van der Waals surface area contributed by atoms with Gasteiger partial charge in [0.15, 0.2) is 0 Å². The molecule has 3 nitrogen and oxygen atoms in total. The first-order chi connectivity index (χ1) is 26.7. The second kappa shape index (κ2) is 12.4. The third-order valence-corrected chi connectivity index (χ3v) is 11.6. The summed E-state index contributed by atoms with van der Waals surface area (Å²) in [6.07, 6.45) is 0. The Kier molecular flexibility index (Phi) is 7.04. The average molecular weight is 707 g/mol. The molecule has 0 amide bonds. The van der Waals surface area contributed by atoms with Crippen LogP contribution in [0.5, 0.6) is 0 Å². The second-order valence-corrected chi connectivity index (χ2v) is 14.7. The highest BCUT2D eigenvalue weighted by atomic mass is 32.1. The molecule has 0 saturated carbocycles. The van der Waals surface area contributed by atoms with Crippen molar-refractivity contribution in [2.75, 3.05) is 0 Å². The van der Waals surface area contributed by atoms with E-state index >= 15 is 0 Å². The van der Waals surface area contributed by atoms with Crippen LogP contribution in [-0.4, -0.2) is 9.97 Å². The Bertz CT molecular complexity index is 3200. The number of nitrogens with zero attached hydrogens (tertiary/aromatic N) is 2. The summed E-state index contributed by atoms with van der Waals surface area (Å²) < 4.78 is 7.75. The maximum absolute atomic E-state index is 6.56. The van der Waals surface area contributed by atoms with Crippen LogP contribution in [0.2, 0.25) is 0 Å². The largest absolute Gasteiger partial charge is 0.456 e. The van der Waals surface area contributed by atoms with Gasteiger partial charge in [-0.3, -0.25) is 0 Å². The summed E-state index contributed by atoms with van der Waals surface area (Å²) in [6, 6.07) is 64.4. The van der Waals surface area contributed by atoms with Crippen molar-refractivity contribution in [3.8, 4) is 55.2 Å². The molecular formula is C50H30N2OS. The van der Waals surface area contributed by atoms with Crippen molar-refractivity contribution < 1.29 is 4.42 Å². The highest BCUT2D eigenvalue weighted by Crippen LogP contribution is 2.46. The van der Waals surface area contributed by atoms with Crippen LogP contribution < -0.4 is 0 Å². The maximum atomic E-state index is 6.56. The number of pyridine rings is 1. The zero-order valence-electron chi connectivity index (χ0n) is 29.0. The van der Waals surface area contributed by atoms with Crippen molar-refractivity contribution in [3.05, 3.63) is 182 Å². The number of furan rings is 1. The highest BCUT2D eigenvalue weighted by molar-refractivity contribution is 7.21. The Balaban J connectivity index is 1.03. The third kappa shape index (κ3) is 5.03. The minimum atomic E-state index is 0.863. The number of fused-ring (bicyclic) bond motifs is 7. The van der Waals surface area contributed by atoms with Crippen molar-refractivity contribution in [2.24, 2.45) is 0 Å². The molecule has 0 bridgehead atoms. The van der Waals surface area contributed by atoms with E-state index in [1.54, 1.807) is 11.3 Å². The lowest BCUT2D eigenvalue weighted by atomic mass is 9.89. The lowest BCUT2D eigenvalue weighted by Gasteiger charge is -2.16. The number of rotatable bonds is 5. The Morgan fingerprint density at radius 3 is 1.81 bits per heavy atom. The second-order valence-electron chi connectivity index (χ2n) is 13.7. The van der Waals surface area contributed by atoms with Gasteiger partial charge in [-0.05, 0) is 64.2 Å². The molecule has 0 aliphatic carbocycles. The number of benzene rings is 8. The molecule has 0 aliphatic heterocycles. The van der Waals surface area contributed by atoms with Crippen LogP contribution in [0, 0.1) is 0 Å². The van der Waals surface area contributed by atoms with Crippen LogP contribution in [0.15, 0.2) is 186 Å². The summed E-state index contributed by atoms with van der Waals surface area (Å²) >= 11 is 1.74. The topological polar surface area (TPSA) is 38.9 Å². The van der Waals surface area contributed by atoms with Crippen LogP contribution in [0.1, 0.15) is 0 Å². The van der Waals surface area contributed by atoms with Gasteiger partial charge in [-0.2, -0.15) is 0 Å². The Morgan fingerprint density at radius 1 is 0.370 bits per heavy atom. The SMILES string of the molecule is c1ccc(-c2nc3ccc(-c4cccc(-c5ccc(-c6nc7ccccc7c7c(-c8ccccc8)c8c(cc67)oc6ccccc68)cc5)c4)cc3s2)cc1. The molecule has 0 saturated heterocycles. The molecule has 3 aromatic heterocycles. The van der Waals surface area contributed by atoms with Gasteiger partial charge in [0, 0.05) is 43.6 Å². The minimum Gasteiger partial charge on any atom is -0.456 e. The smallest absolute Gasteiger partial charge is 0.136 e. The monoisotopic (exact) mass is 706 g/mol. The quantitative estimate of drug-likeness (QED) is 0.167. The van der Waals surface area contributed by atoms with Crippen LogP contribution in [0.25, 0.3) is 109 Å². The zero-order valence-corrected chi connectivity index (χ0v) is 29.8. The molecule has 252 valence electrons. The fourth-order valence-corrected chi connectivity index (χ4v) is 8.95. The van der Waals surface area contributed by atoms with Gasteiger partial charge < -0.3 is 4.42 Å². The van der Waals surface area contributed by atoms with E-state index in [0.717, 1.165) is 76.7 Å². The summed E-state index contributed by atoms with van der Waals surface area (Å²) in [4.78, 5) is 10.2. The van der Waals surface area contributed by atoms with Gasteiger partial charge in [0.2, 0.25) is 0 Å². The van der Waals surface area contributed by atoms with E-state index < -0.39 is 0 Å². The van der Waals surface area contributed by atoms with Gasteiger partial charge in [0.1, 0.15) is 16.2 Å². The molecule has 54 heavy (non-hydrogen) atoms. The van der Waals surface area contributed by atoms with Crippen molar-refractivity contribution >= 4 is 65.2 Å². The summed E-state index contributed by atoms with van der Waals surface area (Å²) in [6.45, 7) is 0. The standard InChI is InChI=1S/C50H30N2OS/c1-3-12-32(13-4-1)46-47-38-18-7-9-20-41(38)51-49(40(47)30-44-48(46)39-19-8-10-21-43(39)53-44)33-24-22-31(23-25-33)35-16-11-17-36(28-35)37-26-27-42-45(29-37)54-50(52-42)34-14-5-2-6-15-34/h1-30H. The maximum Gasteiger partial charge on any atom is 0.136 e. The first kappa shape index (κ1) is 30.7. The van der Waals surface area contributed by atoms with E-state index in [-0.39, 0.29) is 0 Å². The lowest BCUT2D eigenvalue weighted by Crippen LogP contribution is -1.93. The molecule has 0 fully saturated rings. The lowest BCUT2D eigenvalue weighted by molar-refractivity contribution is 0.669. The van der Waals surface area contributed by atoms with E-state index in [2.05, 4.69) is 170 Å². The van der Waals surface area contributed by atoms with Gasteiger partial charge in [-0.25, -0.2) is 9.97 Å². The molecule has 0 aliphatic rings. The molecular weight excluding hydrogens is 677 g/mol. The molecule has 4 heteroatoms. The van der Waals surface area contributed by atoms with Crippen molar-refractivity contribution in [3.63, 3.8) is 0 Å². The van der Waals surface area contributed by atoms with Gasteiger partial charge in [-0.15, -0.1) is 11.3 Å². The van der Waals surface area contributed by atoms with Gasteiger partial charge in [0.25, 0.3) is 0 Å². The molecule has 0 spiro atoms. The number of thiazole rings is 1. The van der Waals surface area contributed by atoms with Crippen LogP contribution in [0.4, 0.5) is 0 Å². The predicted molar refractivity (Wildman–Crippen MR) is 227 cm³/mol. The summed E-state index contributed by atoms with van der Waals surface area (Å²) in [7, 11) is 0. The van der Waals surface area contributed by atoms with E-state index in [1.807, 2.05) is 12.1 Å². The Labute approximate surface area is 315 Å². The number of aromatic nitrogens is 2. The molecule has 11 rings (SSSR count). The van der Waals surface area contributed by atoms with Gasteiger partial charge in [-0.1, -0.05) is 146 Å². The zero-order chi connectivity index (χ0) is 35.6. The average Bonchev–Trinajstić information content (AvgIpc) is 3.85. The summed E-state index contributed by atoms with van der Waals surface area (Å²) in [5, 5.41) is 6.68. The number of hydrogen-bond donors (Lipinski definition) is 0. The van der Waals surface area contributed by atoms with E-state index in [4.69, 9.17) is 14.4 Å². The molecule has 0 atom stereocenters. The van der Waals surface area contributed by atoms with Crippen LogP contribution in [0.3, 0.4) is 0 Å². The Morgan fingerprint density at radius 2 is 1.00 bits per heavy atom. The summed E-state index contributed by atoms with van der Waals surface area (Å²) in [5.41, 5.74) is 13.9. The van der Waals surface area contributed by atoms with Crippen LogP contribution >= 0.6 is 11.3 Å². The molecule has 8 aromatic carbocycles. The van der Waals surface area contributed by atoms with Crippen molar-refractivity contribution in [1.82, 2.24) is 9.97 Å². The molecule has 3 heterocycles. The van der Waals surface area contributed by atoms with Crippen molar-refractivity contribution in [1.29, 1.82) is 0 Å². The van der Waals surface area contributed by atoms with Crippen LogP contribution in [-0.2, 0) is 0 Å². The van der Waals surface area contributed by atoms with E-state index in [9.17, 15) is 0 Å². The van der Waals surface area contributed by atoms with Gasteiger partial charge in [0.05, 0.1) is 21.4 Å². The fourth-order valence-electron chi connectivity index (χ4n) is 7.94. The van der Waals surface area contributed by atoms with Crippen molar-refractivity contribution in [2.45, 2.75) is 0 Å². The molecule has 11 aromatic rings. The molecule has 0 radical (unpaired) electrons. The number of para-hydroxylation sites is 2. The normalized spacial score (nSPS) is 11.7. The summed E-state index contributed by atoms with van der Waals surface area (Å²) in [5.74, 6) is 0. The van der Waals surface area contributed by atoms with Gasteiger partial charge >= 0.3 is 0 Å². The van der Waals surface area contributed by atoms with E-state index in [0.29, 0.717) is 0 Å². The first-order valence-electron chi connectivity index (χ1n) is 18.1. The van der Waals surface area contributed by atoms with E-state index in [1.165, 1.54) is 32.3 Å².